The SMILES string of the molecule is Cc1nnc(-c2ccc(C(=O)NCC3CCCO3)cc2)o1. The molecule has 0 radical (unpaired) electrons. The van der Waals surface area contributed by atoms with Gasteiger partial charge in [0.15, 0.2) is 0 Å². The van der Waals surface area contributed by atoms with Crippen molar-refractivity contribution in [3.63, 3.8) is 0 Å². The molecule has 1 atom stereocenters. The number of carbonyl (C=O) groups is 1. The van der Waals surface area contributed by atoms with E-state index < -0.39 is 0 Å². The molecule has 2 heterocycles. The van der Waals surface area contributed by atoms with Gasteiger partial charge in [-0.1, -0.05) is 0 Å². The second kappa shape index (κ2) is 6.05. The van der Waals surface area contributed by atoms with Gasteiger partial charge in [0.05, 0.1) is 6.10 Å². The van der Waals surface area contributed by atoms with Crippen molar-refractivity contribution < 1.29 is 13.9 Å². The summed E-state index contributed by atoms with van der Waals surface area (Å²) in [5.74, 6) is 0.876. The topological polar surface area (TPSA) is 77.2 Å². The molecule has 1 saturated heterocycles. The van der Waals surface area contributed by atoms with Gasteiger partial charge in [-0.2, -0.15) is 0 Å². The van der Waals surface area contributed by atoms with Crippen LogP contribution in [-0.4, -0.2) is 35.4 Å². The van der Waals surface area contributed by atoms with Crippen LogP contribution in [0.1, 0.15) is 29.1 Å². The number of benzene rings is 1. The predicted octanol–water partition coefficient (Wildman–Crippen LogP) is 1.95. The van der Waals surface area contributed by atoms with Gasteiger partial charge in [0.2, 0.25) is 11.8 Å². The van der Waals surface area contributed by atoms with Crippen LogP contribution in [0.15, 0.2) is 28.7 Å². The zero-order valence-corrected chi connectivity index (χ0v) is 11.8. The summed E-state index contributed by atoms with van der Waals surface area (Å²) in [6.07, 6.45) is 2.23. The molecule has 1 fully saturated rings. The van der Waals surface area contributed by atoms with Gasteiger partial charge in [-0.05, 0) is 37.1 Å². The number of ether oxygens (including phenoxy) is 1. The van der Waals surface area contributed by atoms with Crippen molar-refractivity contribution in [3.05, 3.63) is 35.7 Å². The molecule has 6 nitrogen and oxygen atoms in total. The maximum Gasteiger partial charge on any atom is 0.251 e. The maximum absolute atomic E-state index is 12.0. The highest BCUT2D eigenvalue weighted by Gasteiger charge is 2.16. The third kappa shape index (κ3) is 3.28. The average molecular weight is 287 g/mol. The van der Waals surface area contributed by atoms with Gasteiger partial charge in [0.1, 0.15) is 0 Å². The number of amides is 1. The highest BCUT2D eigenvalue weighted by Crippen LogP contribution is 2.18. The largest absolute Gasteiger partial charge is 0.421 e. The molecule has 1 aromatic carbocycles. The molecule has 1 aromatic heterocycles. The number of nitrogens with zero attached hydrogens (tertiary/aromatic N) is 2. The highest BCUT2D eigenvalue weighted by molar-refractivity contribution is 5.94. The molecular formula is C15H17N3O3. The number of nitrogens with one attached hydrogen (secondary N) is 1. The standard InChI is InChI=1S/C15H17N3O3/c1-10-17-18-15(21-10)12-6-4-11(5-7-12)14(19)16-9-13-3-2-8-20-13/h4-7,13H,2-3,8-9H2,1H3,(H,16,19). The summed E-state index contributed by atoms with van der Waals surface area (Å²) < 4.78 is 10.8. The van der Waals surface area contributed by atoms with Gasteiger partial charge in [0.25, 0.3) is 5.91 Å². The zero-order chi connectivity index (χ0) is 14.7. The summed E-state index contributed by atoms with van der Waals surface area (Å²) >= 11 is 0. The smallest absolute Gasteiger partial charge is 0.251 e. The van der Waals surface area contributed by atoms with Crippen molar-refractivity contribution in [2.24, 2.45) is 0 Å². The first-order valence-electron chi connectivity index (χ1n) is 7.03. The van der Waals surface area contributed by atoms with E-state index in [0.29, 0.717) is 23.9 Å². The summed E-state index contributed by atoms with van der Waals surface area (Å²) in [6.45, 7) is 3.09. The highest BCUT2D eigenvalue weighted by atomic mass is 16.5. The Bertz CT molecular complexity index is 615. The lowest BCUT2D eigenvalue weighted by molar-refractivity contribution is 0.0858. The molecule has 0 spiro atoms. The molecule has 0 aliphatic carbocycles. The molecule has 110 valence electrons. The Kier molecular flexibility index (Phi) is 3.96. The van der Waals surface area contributed by atoms with E-state index in [2.05, 4.69) is 15.5 Å². The van der Waals surface area contributed by atoms with E-state index in [9.17, 15) is 4.79 Å². The normalized spacial score (nSPS) is 17.9. The summed E-state index contributed by atoms with van der Waals surface area (Å²) in [5.41, 5.74) is 1.40. The van der Waals surface area contributed by atoms with Crippen molar-refractivity contribution in [1.82, 2.24) is 15.5 Å². The molecule has 21 heavy (non-hydrogen) atoms. The van der Waals surface area contributed by atoms with Crippen molar-refractivity contribution >= 4 is 5.91 Å². The number of rotatable bonds is 4. The Labute approximate surface area is 122 Å². The van der Waals surface area contributed by atoms with E-state index in [1.165, 1.54) is 0 Å². The second-order valence-electron chi connectivity index (χ2n) is 5.05. The van der Waals surface area contributed by atoms with Gasteiger partial charge >= 0.3 is 0 Å². The Morgan fingerprint density at radius 3 is 2.76 bits per heavy atom. The van der Waals surface area contributed by atoms with E-state index in [4.69, 9.17) is 9.15 Å². The first kappa shape index (κ1) is 13.8. The lowest BCUT2D eigenvalue weighted by Crippen LogP contribution is -2.31. The van der Waals surface area contributed by atoms with Crippen LogP contribution in [0.5, 0.6) is 0 Å². The average Bonchev–Trinajstić information content (AvgIpc) is 3.16. The van der Waals surface area contributed by atoms with Crippen LogP contribution in [0, 0.1) is 6.92 Å². The van der Waals surface area contributed by atoms with E-state index in [1.54, 1.807) is 31.2 Å². The molecule has 6 heteroatoms. The van der Waals surface area contributed by atoms with Crippen molar-refractivity contribution in [3.8, 4) is 11.5 Å². The number of carbonyl (C=O) groups excluding carboxylic acids is 1. The second-order valence-corrected chi connectivity index (χ2v) is 5.05. The Hall–Kier alpha value is -2.21. The van der Waals surface area contributed by atoms with Gasteiger partial charge in [-0.25, -0.2) is 0 Å². The van der Waals surface area contributed by atoms with Gasteiger partial charge in [-0.15, -0.1) is 10.2 Å². The summed E-state index contributed by atoms with van der Waals surface area (Å²) in [4.78, 5) is 12.0. The van der Waals surface area contributed by atoms with Crippen LogP contribution in [-0.2, 0) is 4.74 Å². The molecule has 0 bridgehead atoms. The van der Waals surface area contributed by atoms with E-state index in [1.807, 2.05) is 0 Å². The molecular weight excluding hydrogens is 270 g/mol. The van der Waals surface area contributed by atoms with Crippen molar-refractivity contribution in [1.29, 1.82) is 0 Å². The summed E-state index contributed by atoms with van der Waals surface area (Å²) in [5, 5.41) is 10.6. The lowest BCUT2D eigenvalue weighted by atomic mass is 10.1. The van der Waals surface area contributed by atoms with Crippen LogP contribution < -0.4 is 5.32 Å². The van der Waals surface area contributed by atoms with Crippen LogP contribution in [0.3, 0.4) is 0 Å². The Morgan fingerprint density at radius 1 is 1.33 bits per heavy atom. The molecule has 1 amide bonds. The van der Waals surface area contributed by atoms with Gasteiger partial charge < -0.3 is 14.5 Å². The minimum absolute atomic E-state index is 0.0984. The summed E-state index contributed by atoms with van der Waals surface area (Å²) in [6, 6.07) is 7.10. The first-order valence-corrected chi connectivity index (χ1v) is 7.03. The molecule has 3 rings (SSSR count). The predicted molar refractivity (Wildman–Crippen MR) is 75.8 cm³/mol. The molecule has 1 aliphatic rings. The van der Waals surface area contributed by atoms with E-state index in [0.717, 1.165) is 25.0 Å². The molecule has 1 aliphatic heterocycles. The fraction of sp³-hybridized carbons (Fsp3) is 0.400. The fourth-order valence-corrected chi connectivity index (χ4v) is 2.29. The lowest BCUT2D eigenvalue weighted by Gasteiger charge is -2.10. The minimum Gasteiger partial charge on any atom is -0.421 e. The Balaban J connectivity index is 1.61. The Morgan fingerprint density at radius 2 is 2.14 bits per heavy atom. The number of aromatic nitrogens is 2. The van der Waals surface area contributed by atoms with Crippen LogP contribution in [0.4, 0.5) is 0 Å². The third-order valence-corrected chi connectivity index (χ3v) is 3.43. The van der Waals surface area contributed by atoms with Gasteiger partial charge in [0, 0.05) is 31.2 Å². The monoisotopic (exact) mass is 287 g/mol. The van der Waals surface area contributed by atoms with Crippen molar-refractivity contribution in [2.75, 3.05) is 13.2 Å². The molecule has 1 N–H and O–H groups in total. The van der Waals surface area contributed by atoms with E-state index in [-0.39, 0.29) is 12.0 Å². The molecule has 0 saturated carbocycles. The van der Waals surface area contributed by atoms with Crippen molar-refractivity contribution in [2.45, 2.75) is 25.9 Å². The van der Waals surface area contributed by atoms with Crippen LogP contribution >= 0.6 is 0 Å². The number of aryl methyl sites for hydroxylation is 1. The van der Waals surface area contributed by atoms with E-state index >= 15 is 0 Å². The summed E-state index contributed by atoms with van der Waals surface area (Å²) in [7, 11) is 0. The third-order valence-electron chi connectivity index (χ3n) is 3.43. The fourth-order valence-electron chi connectivity index (χ4n) is 2.29. The minimum atomic E-state index is -0.0984. The van der Waals surface area contributed by atoms with Crippen LogP contribution in [0.2, 0.25) is 0 Å². The van der Waals surface area contributed by atoms with Crippen LogP contribution in [0.25, 0.3) is 11.5 Å². The quantitative estimate of drug-likeness (QED) is 0.930. The molecule has 1 unspecified atom stereocenters. The first-order chi connectivity index (χ1) is 10.2. The number of hydrogen-bond donors (Lipinski definition) is 1. The number of hydrogen-bond acceptors (Lipinski definition) is 5. The molecule has 2 aromatic rings. The van der Waals surface area contributed by atoms with Gasteiger partial charge in [-0.3, -0.25) is 4.79 Å². The zero-order valence-electron chi connectivity index (χ0n) is 11.8. The maximum atomic E-state index is 12.0.